The van der Waals surface area contributed by atoms with Crippen molar-refractivity contribution in [2.45, 2.75) is 0 Å². The number of halogens is 2. The van der Waals surface area contributed by atoms with Crippen LogP contribution in [0.25, 0.3) is 0 Å². The summed E-state index contributed by atoms with van der Waals surface area (Å²) in [6.07, 6.45) is 0. The summed E-state index contributed by atoms with van der Waals surface area (Å²) in [5.74, 6) is 1.79. The molecule has 6 aromatic rings. The van der Waals surface area contributed by atoms with E-state index < -0.39 is 8.49 Å². The van der Waals surface area contributed by atoms with Gasteiger partial charge in [-0.25, -0.2) is 0 Å². The minimum absolute atomic E-state index is 0.897. The van der Waals surface area contributed by atoms with Crippen molar-refractivity contribution in [1.82, 2.24) is 0 Å². The Morgan fingerprint density at radius 1 is 0.349 bits per heavy atom. The van der Waals surface area contributed by atoms with Crippen molar-refractivity contribution in [3.63, 3.8) is 0 Å². The van der Waals surface area contributed by atoms with E-state index in [1.54, 1.807) is 0 Å². The molecule has 0 aromatic heterocycles. The number of hydrogen-bond acceptors (Lipinski definition) is 1. The molecule has 0 N–H and O–H groups in total. The molecule has 0 spiro atoms. The molecule has 0 aliphatic heterocycles. The van der Waals surface area contributed by atoms with Crippen molar-refractivity contribution >= 4 is 84.4 Å². The van der Waals surface area contributed by atoms with Gasteiger partial charge in [0.15, 0.2) is 0 Å². The number of benzene rings is 6. The molecule has 0 radical (unpaired) electrons. The normalized spacial score (nSPS) is 13.7. The van der Waals surface area contributed by atoms with Crippen molar-refractivity contribution in [2.24, 2.45) is 0 Å². The first-order chi connectivity index (χ1) is 20.7. The van der Waals surface area contributed by atoms with E-state index in [4.69, 9.17) is 4.74 Å². The zero-order valence-corrected chi connectivity index (χ0v) is 30.3. The van der Waals surface area contributed by atoms with Crippen molar-refractivity contribution in [2.75, 3.05) is 13.3 Å². The first-order valence-corrected chi connectivity index (χ1v) is 25.2. The summed E-state index contributed by atoms with van der Waals surface area (Å²) in [6.45, 7) is 4.88. The molecule has 0 saturated carbocycles. The number of rotatable bonds is 8. The standard InChI is InChI=1S/C38H34I2OP2/c1-42(39,31-19-7-3-8-20-31,32-21-9-4-10-22-32)37-29-17-15-27-35(37)41-36-28-16-18-30-38(36)43(2,40,33-23-11-5-12-24-33)34-25-13-6-14-26-34/h3-30H,1-2H3. The summed E-state index contributed by atoms with van der Waals surface area (Å²) in [5, 5.41) is 7.74. The second-order valence-corrected chi connectivity index (χ2v) is 34.5. The van der Waals surface area contributed by atoms with Crippen LogP contribution in [-0.2, 0) is 0 Å². The van der Waals surface area contributed by atoms with Gasteiger partial charge in [-0.3, -0.25) is 0 Å². The van der Waals surface area contributed by atoms with Gasteiger partial charge >= 0.3 is 284 Å². The van der Waals surface area contributed by atoms with Crippen LogP contribution < -0.4 is 36.6 Å². The molecule has 0 fully saturated rings. The van der Waals surface area contributed by atoms with Gasteiger partial charge in [-0.1, -0.05) is 0 Å². The van der Waals surface area contributed by atoms with Crippen LogP contribution in [-0.4, -0.2) is 13.3 Å². The Labute approximate surface area is 281 Å². The van der Waals surface area contributed by atoms with Crippen molar-refractivity contribution in [1.29, 1.82) is 0 Å². The van der Waals surface area contributed by atoms with Gasteiger partial charge in [0.1, 0.15) is 0 Å². The summed E-state index contributed by atoms with van der Waals surface area (Å²) in [5.41, 5.74) is 0. The Hall–Kier alpha value is -2.56. The van der Waals surface area contributed by atoms with E-state index >= 15 is 0 Å². The average Bonchev–Trinajstić information content (AvgIpc) is 3.07. The summed E-state index contributed by atoms with van der Waals surface area (Å²) >= 11 is 5.56. The van der Waals surface area contributed by atoms with Crippen LogP contribution in [0.3, 0.4) is 0 Å². The summed E-state index contributed by atoms with van der Waals surface area (Å²) in [4.78, 5) is 0. The van der Waals surface area contributed by atoms with E-state index in [2.05, 4.69) is 227 Å². The van der Waals surface area contributed by atoms with Crippen molar-refractivity contribution in [3.05, 3.63) is 170 Å². The molecular formula is C38H34I2OP2. The first-order valence-electron chi connectivity index (χ1n) is 14.3. The molecule has 5 heteroatoms. The summed E-state index contributed by atoms with van der Waals surface area (Å²) in [7, 11) is 0. The van der Waals surface area contributed by atoms with Crippen LogP contribution in [0.2, 0.25) is 0 Å². The van der Waals surface area contributed by atoms with Crippen LogP contribution >= 0.6 is 52.6 Å². The maximum absolute atomic E-state index is 7.21. The van der Waals surface area contributed by atoms with E-state index in [0.29, 0.717) is 0 Å². The topological polar surface area (TPSA) is 9.23 Å². The molecule has 0 aliphatic rings. The zero-order chi connectivity index (χ0) is 30.0. The van der Waals surface area contributed by atoms with Crippen LogP contribution in [0.5, 0.6) is 11.5 Å². The van der Waals surface area contributed by atoms with E-state index in [0.717, 1.165) is 11.5 Å². The van der Waals surface area contributed by atoms with Gasteiger partial charge in [0.2, 0.25) is 0 Å². The predicted octanol–water partition coefficient (Wildman–Crippen LogP) is 9.10. The second-order valence-electron chi connectivity index (χ2n) is 11.2. The molecular weight excluding hydrogens is 788 g/mol. The van der Waals surface area contributed by atoms with Gasteiger partial charge in [0.25, 0.3) is 0 Å². The molecule has 0 atom stereocenters. The number of para-hydroxylation sites is 2. The Bertz CT molecular complexity index is 1630. The van der Waals surface area contributed by atoms with Crippen LogP contribution in [0.1, 0.15) is 0 Å². The molecule has 6 rings (SSSR count). The molecule has 0 bridgehead atoms. The summed E-state index contributed by atoms with van der Waals surface area (Å²) in [6, 6.07) is 61.1. The Morgan fingerprint density at radius 3 is 0.860 bits per heavy atom. The van der Waals surface area contributed by atoms with Crippen LogP contribution in [0, 0.1) is 0 Å². The van der Waals surface area contributed by atoms with E-state index in [-0.39, 0.29) is 0 Å². The van der Waals surface area contributed by atoms with Gasteiger partial charge in [0.05, 0.1) is 0 Å². The maximum atomic E-state index is 7.21. The Kier molecular flexibility index (Phi) is 8.32. The fourth-order valence-corrected chi connectivity index (χ4v) is 19.7. The molecule has 1 nitrogen and oxygen atoms in total. The number of hydrogen-bond donors (Lipinski definition) is 0. The molecule has 0 amide bonds. The third kappa shape index (κ3) is 5.17. The molecule has 0 saturated heterocycles. The molecule has 0 aliphatic carbocycles. The van der Waals surface area contributed by atoms with Crippen LogP contribution in [0.4, 0.5) is 0 Å². The van der Waals surface area contributed by atoms with Crippen LogP contribution in [0.15, 0.2) is 170 Å². The Balaban J connectivity index is 1.59. The quantitative estimate of drug-likeness (QED) is 0.110. The van der Waals surface area contributed by atoms with Gasteiger partial charge in [-0.15, -0.1) is 0 Å². The molecule has 6 aromatic carbocycles. The third-order valence-electron chi connectivity index (χ3n) is 8.58. The average molecular weight is 822 g/mol. The summed E-state index contributed by atoms with van der Waals surface area (Å²) < 4.78 is 1.31. The van der Waals surface area contributed by atoms with Gasteiger partial charge in [-0.05, 0) is 0 Å². The number of ether oxygens (including phenoxy) is 1. The monoisotopic (exact) mass is 822 g/mol. The second kappa shape index (κ2) is 11.7. The van der Waals surface area contributed by atoms with E-state index in [9.17, 15) is 0 Å². The van der Waals surface area contributed by atoms with E-state index in [1.807, 2.05) is 0 Å². The fraction of sp³-hybridized carbons (Fsp3) is 0.0526. The van der Waals surface area contributed by atoms with Crippen molar-refractivity contribution in [3.8, 4) is 11.5 Å². The van der Waals surface area contributed by atoms with Crippen molar-refractivity contribution < 1.29 is 4.74 Å². The molecule has 216 valence electrons. The fourth-order valence-electron chi connectivity index (χ4n) is 6.07. The van der Waals surface area contributed by atoms with Gasteiger partial charge in [0, 0.05) is 0 Å². The van der Waals surface area contributed by atoms with Gasteiger partial charge in [-0.2, -0.15) is 0 Å². The molecule has 43 heavy (non-hydrogen) atoms. The SMILES string of the molecule is CP(I)(c1ccccc1)(c1ccccc1)c1ccccc1Oc1ccccc1P(C)(I)(c1ccccc1)c1ccccc1. The van der Waals surface area contributed by atoms with E-state index in [1.165, 1.54) is 31.8 Å². The minimum atomic E-state index is -2.95. The predicted molar refractivity (Wildman–Crippen MR) is 210 cm³/mol. The molecule has 0 heterocycles. The molecule has 0 unspecified atom stereocenters. The Morgan fingerprint density at radius 2 is 0.581 bits per heavy atom. The first kappa shape index (κ1) is 30.5. The van der Waals surface area contributed by atoms with Gasteiger partial charge < -0.3 is 0 Å². The zero-order valence-electron chi connectivity index (χ0n) is 24.2. The third-order valence-corrected chi connectivity index (χ3v) is 27.5.